The van der Waals surface area contributed by atoms with E-state index < -0.39 is 0 Å². The van der Waals surface area contributed by atoms with Crippen molar-refractivity contribution in [1.29, 1.82) is 0 Å². The number of carbonyl (C=O) groups is 4. The Labute approximate surface area is 152 Å². The number of rotatable bonds is 5. The number of amides is 4. The number of anilines is 2. The molecule has 2 aliphatic rings. The zero-order chi connectivity index (χ0) is 18.7. The van der Waals surface area contributed by atoms with E-state index in [0.29, 0.717) is 11.4 Å². The number of nitrogens with zero attached hydrogens (tertiary/aromatic N) is 1. The molecule has 0 unspecified atom stereocenters. The van der Waals surface area contributed by atoms with Crippen molar-refractivity contribution in [3.8, 4) is 0 Å². The average molecular weight is 357 g/mol. The molecule has 1 saturated carbocycles. The van der Waals surface area contributed by atoms with Crippen molar-refractivity contribution < 1.29 is 19.2 Å². The lowest BCUT2D eigenvalue weighted by Gasteiger charge is -2.19. The van der Waals surface area contributed by atoms with Crippen molar-refractivity contribution in [3.05, 3.63) is 24.3 Å². The molecule has 4 amide bonds. The second-order valence-corrected chi connectivity index (χ2v) is 6.88. The quantitative estimate of drug-likeness (QED) is 0.789. The first-order valence-corrected chi connectivity index (χ1v) is 8.98. The van der Waals surface area contributed by atoms with Crippen molar-refractivity contribution in [2.45, 2.75) is 39.0 Å². The highest BCUT2D eigenvalue weighted by Crippen LogP contribution is 2.37. The van der Waals surface area contributed by atoms with Crippen LogP contribution in [0.2, 0.25) is 0 Å². The number of nitrogens with one attached hydrogen (secondary N) is 2. The van der Waals surface area contributed by atoms with Crippen molar-refractivity contribution >= 4 is 35.0 Å². The van der Waals surface area contributed by atoms with E-state index in [1.807, 2.05) is 0 Å². The minimum Gasteiger partial charge on any atom is -0.326 e. The van der Waals surface area contributed by atoms with Crippen molar-refractivity contribution in [2.75, 3.05) is 17.2 Å². The maximum Gasteiger partial charge on any atom is 0.233 e. The molecule has 1 aliphatic heterocycles. The molecular weight excluding hydrogens is 334 g/mol. The van der Waals surface area contributed by atoms with Crippen molar-refractivity contribution in [3.63, 3.8) is 0 Å². The summed E-state index contributed by atoms with van der Waals surface area (Å²) in [6, 6.07) is 6.75. The highest BCUT2D eigenvalue weighted by molar-refractivity contribution is 6.05. The average Bonchev–Trinajstić information content (AvgIpc) is 2.86. The summed E-state index contributed by atoms with van der Waals surface area (Å²) in [5.41, 5.74) is 1.24. The van der Waals surface area contributed by atoms with Gasteiger partial charge in [0.15, 0.2) is 0 Å². The summed E-state index contributed by atoms with van der Waals surface area (Å²) in [5, 5.41) is 5.39. The molecule has 138 valence electrons. The molecule has 0 radical (unpaired) electrons. The fourth-order valence-electron chi connectivity index (χ4n) is 3.73. The van der Waals surface area contributed by atoms with Crippen LogP contribution in [0.3, 0.4) is 0 Å². The molecule has 2 fully saturated rings. The summed E-state index contributed by atoms with van der Waals surface area (Å²) in [7, 11) is 0. The lowest BCUT2D eigenvalue weighted by Crippen LogP contribution is -2.34. The van der Waals surface area contributed by atoms with E-state index in [4.69, 9.17) is 0 Å². The third kappa shape index (κ3) is 3.92. The zero-order valence-corrected chi connectivity index (χ0v) is 14.8. The van der Waals surface area contributed by atoms with Gasteiger partial charge in [-0.15, -0.1) is 0 Å². The summed E-state index contributed by atoms with van der Waals surface area (Å²) < 4.78 is 0. The van der Waals surface area contributed by atoms with Gasteiger partial charge in [-0.05, 0) is 37.1 Å². The van der Waals surface area contributed by atoms with E-state index in [1.165, 1.54) is 11.8 Å². The standard InChI is InChI=1S/C19H23N3O4/c1-12(23)20-13-6-8-14(9-7-13)21-17(24)10-11-22-18(25)15-4-2-3-5-16(15)19(22)26/h6-9,15-16H,2-5,10-11H2,1H3,(H,20,23)(H,21,24)/t15-,16-/m0/s1. The Bertz CT molecular complexity index is 705. The van der Waals surface area contributed by atoms with Crippen LogP contribution in [-0.4, -0.2) is 35.1 Å². The SMILES string of the molecule is CC(=O)Nc1ccc(NC(=O)CCN2C(=O)[C@H]3CCCC[C@@H]3C2=O)cc1. The van der Waals surface area contributed by atoms with E-state index in [9.17, 15) is 19.2 Å². The molecule has 1 aromatic rings. The predicted molar refractivity (Wildman–Crippen MR) is 96.2 cm³/mol. The molecule has 3 rings (SSSR count). The lowest BCUT2D eigenvalue weighted by molar-refractivity contribution is -0.140. The smallest absolute Gasteiger partial charge is 0.233 e. The molecule has 0 bridgehead atoms. The monoisotopic (exact) mass is 357 g/mol. The van der Waals surface area contributed by atoms with Crippen LogP contribution in [0.25, 0.3) is 0 Å². The van der Waals surface area contributed by atoms with Gasteiger partial charge in [0.25, 0.3) is 0 Å². The molecular formula is C19H23N3O4. The number of benzene rings is 1. The first-order valence-electron chi connectivity index (χ1n) is 8.98. The fourth-order valence-corrected chi connectivity index (χ4v) is 3.73. The summed E-state index contributed by atoms with van der Waals surface area (Å²) in [5.74, 6) is -1.02. The second-order valence-electron chi connectivity index (χ2n) is 6.88. The summed E-state index contributed by atoms with van der Waals surface area (Å²) in [4.78, 5) is 49.2. The molecule has 26 heavy (non-hydrogen) atoms. The Morgan fingerprint density at radius 3 is 1.96 bits per heavy atom. The maximum atomic E-state index is 12.4. The predicted octanol–water partition coefficient (Wildman–Crippen LogP) is 2.15. The maximum absolute atomic E-state index is 12.4. The first-order chi connectivity index (χ1) is 12.5. The van der Waals surface area contributed by atoms with Gasteiger partial charge >= 0.3 is 0 Å². The first kappa shape index (κ1) is 18.1. The van der Waals surface area contributed by atoms with E-state index in [0.717, 1.165) is 25.7 Å². The van der Waals surface area contributed by atoms with Gasteiger partial charge < -0.3 is 10.6 Å². The van der Waals surface area contributed by atoms with Gasteiger partial charge in [-0.3, -0.25) is 24.1 Å². The van der Waals surface area contributed by atoms with Crippen LogP contribution in [0.5, 0.6) is 0 Å². The zero-order valence-electron chi connectivity index (χ0n) is 14.8. The number of hydrogen-bond acceptors (Lipinski definition) is 4. The summed E-state index contributed by atoms with van der Waals surface area (Å²) >= 11 is 0. The highest BCUT2D eigenvalue weighted by atomic mass is 16.2. The molecule has 1 aromatic carbocycles. The lowest BCUT2D eigenvalue weighted by atomic mass is 9.81. The Hall–Kier alpha value is -2.70. The van der Waals surface area contributed by atoms with E-state index >= 15 is 0 Å². The Morgan fingerprint density at radius 2 is 1.46 bits per heavy atom. The van der Waals surface area contributed by atoms with Crippen molar-refractivity contribution in [1.82, 2.24) is 4.90 Å². The minimum absolute atomic E-state index is 0.0738. The van der Waals surface area contributed by atoms with Crippen molar-refractivity contribution in [2.24, 2.45) is 11.8 Å². The minimum atomic E-state index is -0.257. The fraction of sp³-hybridized carbons (Fsp3) is 0.474. The number of carbonyl (C=O) groups excluding carboxylic acids is 4. The molecule has 1 saturated heterocycles. The third-order valence-electron chi connectivity index (χ3n) is 4.98. The van der Waals surface area contributed by atoms with Crippen LogP contribution in [0, 0.1) is 11.8 Å². The summed E-state index contributed by atoms with van der Waals surface area (Å²) in [6.45, 7) is 1.55. The molecule has 2 N–H and O–H groups in total. The molecule has 0 spiro atoms. The van der Waals surface area contributed by atoms with E-state index in [2.05, 4.69) is 10.6 Å². The largest absolute Gasteiger partial charge is 0.326 e. The van der Waals surface area contributed by atoms with Gasteiger partial charge in [0.05, 0.1) is 11.8 Å². The molecule has 7 heteroatoms. The molecule has 7 nitrogen and oxygen atoms in total. The van der Waals surface area contributed by atoms with E-state index in [1.54, 1.807) is 24.3 Å². The third-order valence-corrected chi connectivity index (χ3v) is 4.98. The highest BCUT2D eigenvalue weighted by Gasteiger charge is 2.47. The Kier molecular flexibility index (Phi) is 5.35. The molecule has 1 aliphatic carbocycles. The van der Waals surface area contributed by atoms with Gasteiger partial charge in [-0.2, -0.15) is 0 Å². The van der Waals surface area contributed by atoms with Crippen LogP contribution in [0.15, 0.2) is 24.3 Å². The van der Waals surface area contributed by atoms with Crippen LogP contribution < -0.4 is 10.6 Å². The number of fused-ring (bicyclic) bond motifs is 1. The summed E-state index contributed by atoms with van der Waals surface area (Å²) in [6.07, 6.45) is 3.60. The van der Waals surface area contributed by atoms with Gasteiger partial charge in [-0.1, -0.05) is 12.8 Å². The molecule has 1 heterocycles. The van der Waals surface area contributed by atoms with Gasteiger partial charge in [0.1, 0.15) is 0 Å². The Balaban J connectivity index is 1.52. The number of hydrogen-bond donors (Lipinski definition) is 2. The topological polar surface area (TPSA) is 95.6 Å². The molecule has 2 atom stereocenters. The number of imide groups is 1. The van der Waals surface area contributed by atoms with Crippen LogP contribution in [0.4, 0.5) is 11.4 Å². The second kappa shape index (κ2) is 7.68. The van der Waals surface area contributed by atoms with E-state index in [-0.39, 0.29) is 48.4 Å². The number of likely N-dealkylation sites (tertiary alicyclic amines) is 1. The van der Waals surface area contributed by atoms with Gasteiger partial charge in [-0.25, -0.2) is 0 Å². The van der Waals surface area contributed by atoms with Gasteiger partial charge in [0, 0.05) is 31.3 Å². The molecule has 0 aromatic heterocycles. The Morgan fingerprint density at radius 1 is 0.962 bits per heavy atom. The van der Waals surface area contributed by atoms with Crippen LogP contribution in [0.1, 0.15) is 39.0 Å². The van der Waals surface area contributed by atoms with Crippen LogP contribution in [-0.2, 0) is 19.2 Å². The van der Waals surface area contributed by atoms with Gasteiger partial charge in [0.2, 0.25) is 23.6 Å². The van der Waals surface area contributed by atoms with Crippen LogP contribution >= 0.6 is 0 Å². The normalized spacial score (nSPS) is 22.1.